The van der Waals surface area contributed by atoms with Crippen LogP contribution in [0, 0.1) is 5.92 Å². The Morgan fingerprint density at radius 3 is 2.33 bits per heavy atom. The lowest BCUT2D eigenvalue weighted by Crippen LogP contribution is -2.61. The summed E-state index contributed by atoms with van der Waals surface area (Å²) in [6.45, 7) is 8.15. The van der Waals surface area contributed by atoms with Gasteiger partial charge in [-0.2, -0.15) is 0 Å². The summed E-state index contributed by atoms with van der Waals surface area (Å²) in [4.78, 5) is 2.67. The van der Waals surface area contributed by atoms with Crippen molar-refractivity contribution in [1.29, 1.82) is 0 Å². The SMILES string of the molecule is CC(C)(C(N)C1CCOC2(CCC2)C1)N1CCCCCC1. The Hall–Kier alpha value is -0.120. The van der Waals surface area contributed by atoms with E-state index in [1.54, 1.807) is 0 Å². The van der Waals surface area contributed by atoms with Gasteiger partial charge in [0.2, 0.25) is 0 Å². The molecule has 0 aromatic carbocycles. The first-order valence-corrected chi connectivity index (χ1v) is 9.18. The molecule has 1 aliphatic carbocycles. The predicted molar refractivity (Wildman–Crippen MR) is 87.4 cm³/mol. The smallest absolute Gasteiger partial charge is 0.0685 e. The lowest BCUT2D eigenvalue weighted by molar-refractivity contribution is -0.150. The van der Waals surface area contributed by atoms with Gasteiger partial charge in [-0.05, 0) is 77.8 Å². The minimum atomic E-state index is 0.122. The second-order valence-corrected chi connectivity index (χ2v) is 8.22. The van der Waals surface area contributed by atoms with Gasteiger partial charge in [-0.25, -0.2) is 0 Å². The molecule has 3 aliphatic rings. The van der Waals surface area contributed by atoms with Crippen molar-refractivity contribution in [2.75, 3.05) is 19.7 Å². The van der Waals surface area contributed by atoms with Crippen LogP contribution in [0.5, 0.6) is 0 Å². The molecule has 1 saturated carbocycles. The molecule has 3 fully saturated rings. The molecule has 3 rings (SSSR count). The van der Waals surface area contributed by atoms with E-state index in [9.17, 15) is 0 Å². The largest absolute Gasteiger partial charge is 0.375 e. The third-order valence-electron chi connectivity index (χ3n) is 6.54. The Labute approximate surface area is 130 Å². The van der Waals surface area contributed by atoms with E-state index in [1.807, 2.05) is 0 Å². The molecule has 21 heavy (non-hydrogen) atoms. The van der Waals surface area contributed by atoms with Gasteiger partial charge in [0.25, 0.3) is 0 Å². The topological polar surface area (TPSA) is 38.5 Å². The van der Waals surface area contributed by atoms with E-state index in [0.717, 1.165) is 13.0 Å². The Balaban J connectivity index is 1.65. The Bertz CT molecular complexity index is 343. The van der Waals surface area contributed by atoms with Crippen molar-refractivity contribution in [1.82, 2.24) is 4.90 Å². The highest BCUT2D eigenvalue weighted by Crippen LogP contribution is 2.46. The standard InChI is InChI=1S/C18H34N2O/c1-17(2,20-11-5-3-4-6-12-20)16(19)15-8-13-21-18(14-15)9-7-10-18/h15-16H,3-14,19H2,1-2H3. The summed E-state index contributed by atoms with van der Waals surface area (Å²) in [5, 5.41) is 0. The highest BCUT2D eigenvalue weighted by molar-refractivity contribution is 5.02. The quantitative estimate of drug-likeness (QED) is 0.868. The number of nitrogens with zero attached hydrogens (tertiary/aromatic N) is 1. The molecule has 1 spiro atoms. The van der Waals surface area contributed by atoms with Crippen molar-refractivity contribution in [3.05, 3.63) is 0 Å². The second-order valence-electron chi connectivity index (χ2n) is 8.22. The molecule has 0 amide bonds. The van der Waals surface area contributed by atoms with E-state index in [-0.39, 0.29) is 17.2 Å². The van der Waals surface area contributed by atoms with E-state index < -0.39 is 0 Å². The number of ether oxygens (including phenoxy) is 1. The number of rotatable bonds is 3. The molecule has 2 atom stereocenters. The minimum Gasteiger partial charge on any atom is -0.375 e. The first-order chi connectivity index (χ1) is 10.0. The van der Waals surface area contributed by atoms with Gasteiger partial charge in [-0.3, -0.25) is 4.90 Å². The molecule has 0 aromatic heterocycles. The van der Waals surface area contributed by atoms with Gasteiger partial charge in [0.15, 0.2) is 0 Å². The molecule has 0 radical (unpaired) electrons. The molecule has 2 heterocycles. The van der Waals surface area contributed by atoms with Gasteiger partial charge >= 0.3 is 0 Å². The van der Waals surface area contributed by atoms with Gasteiger partial charge in [0.05, 0.1) is 5.60 Å². The van der Waals surface area contributed by atoms with Crippen LogP contribution in [0.2, 0.25) is 0 Å². The minimum absolute atomic E-state index is 0.122. The van der Waals surface area contributed by atoms with Crippen molar-refractivity contribution < 1.29 is 4.74 Å². The zero-order chi connectivity index (χ0) is 14.9. The highest BCUT2D eigenvalue weighted by Gasteiger charge is 2.47. The summed E-state index contributed by atoms with van der Waals surface area (Å²) in [7, 11) is 0. The highest BCUT2D eigenvalue weighted by atomic mass is 16.5. The zero-order valence-corrected chi connectivity index (χ0v) is 14.1. The average Bonchev–Trinajstić information content (AvgIpc) is 2.74. The van der Waals surface area contributed by atoms with Crippen LogP contribution < -0.4 is 5.73 Å². The maximum Gasteiger partial charge on any atom is 0.0685 e. The molecule has 2 unspecified atom stereocenters. The molecular formula is C18H34N2O. The van der Waals surface area contributed by atoms with Gasteiger partial charge < -0.3 is 10.5 Å². The fourth-order valence-electron chi connectivity index (χ4n) is 4.73. The lowest BCUT2D eigenvalue weighted by atomic mass is 9.68. The zero-order valence-electron chi connectivity index (χ0n) is 14.1. The summed E-state index contributed by atoms with van der Waals surface area (Å²) in [5.74, 6) is 0.636. The van der Waals surface area contributed by atoms with Gasteiger partial charge in [-0.15, -0.1) is 0 Å². The summed E-state index contributed by atoms with van der Waals surface area (Å²) in [6.07, 6.45) is 11.7. The van der Waals surface area contributed by atoms with Crippen LogP contribution in [0.3, 0.4) is 0 Å². The maximum absolute atomic E-state index is 6.81. The van der Waals surface area contributed by atoms with E-state index in [2.05, 4.69) is 18.7 Å². The Kier molecular flexibility index (Phi) is 4.63. The van der Waals surface area contributed by atoms with Crippen LogP contribution in [0.1, 0.15) is 71.6 Å². The van der Waals surface area contributed by atoms with E-state index in [4.69, 9.17) is 10.5 Å². The van der Waals surface area contributed by atoms with E-state index in [0.29, 0.717) is 5.92 Å². The van der Waals surface area contributed by atoms with Crippen molar-refractivity contribution in [3.8, 4) is 0 Å². The number of likely N-dealkylation sites (tertiary alicyclic amines) is 1. The summed E-state index contributed by atoms with van der Waals surface area (Å²) >= 11 is 0. The summed E-state index contributed by atoms with van der Waals surface area (Å²) in [6, 6.07) is 0.275. The Morgan fingerprint density at radius 1 is 1.10 bits per heavy atom. The fourth-order valence-corrected chi connectivity index (χ4v) is 4.73. The Morgan fingerprint density at radius 2 is 1.76 bits per heavy atom. The van der Waals surface area contributed by atoms with Crippen LogP contribution in [-0.2, 0) is 4.74 Å². The monoisotopic (exact) mass is 294 g/mol. The van der Waals surface area contributed by atoms with Gasteiger partial charge in [0.1, 0.15) is 0 Å². The molecule has 2 N–H and O–H groups in total. The van der Waals surface area contributed by atoms with Gasteiger partial charge in [0, 0.05) is 18.2 Å². The first-order valence-electron chi connectivity index (χ1n) is 9.18. The third kappa shape index (κ3) is 3.16. The van der Waals surface area contributed by atoms with Crippen LogP contribution in [0.4, 0.5) is 0 Å². The van der Waals surface area contributed by atoms with Crippen molar-refractivity contribution in [3.63, 3.8) is 0 Å². The van der Waals surface area contributed by atoms with E-state index in [1.165, 1.54) is 64.5 Å². The molecule has 3 nitrogen and oxygen atoms in total. The van der Waals surface area contributed by atoms with Crippen LogP contribution >= 0.6 is 0 Å². The number of nitrogens with two attached hydrogens (primary N) is 1. The number of hydrogen-bond donors (Lipinski definition) is 1. The van der Waals surface area contributed by atoms with Crippen LogP contribution in [-0.4, -0.2) is 41.8 Å². The fraction of sp³-hybridized carbons (Fsp3) is 1.00. The molecular weight excluding hydrogens is 260 g/mol. The normalized spacial score (nSPS) is 32.4. The molecule has 0 bridgehead atoms. The molecule has 2 aliphatic heterocycles. The first kappa shape index (κ1) is 15.8. The molecule has 2 saturated heterocycles. The summed E-state index contributed by atoms with van der Waals surface area (Å²) in [5.41, 5.74) is 7.15. The van der Waals surface area contributed by atoms with Crippen molar-refractivity contribution >= 4 is 0 Å². The summed E-state index contributed by atoms with van der Waals surface area (Å²) < 4.78 is 6.09. The van der Waals surface area contributed by atoms with Crippen LogP contribution in [0.25, 0.3) is 0 Å². The second kappa shape index (κ2) is 6.17. The molecule has 3 heteroatoms. The van der Waals surface area contributed by atoms with E-state index >= 15 is 0 Å². The van der Waals surface area contributed by atoms with Crippen LogP contribution in [0.15, 0.2) is 0 Å². The lowest BCUT2D eigenvalue weighted by Gasteiger charge is -2.52. The number of hydrogen-bond acceptors (Lipinski definition) is 3. The molecule has 122 valence electrons. The van der Waals surface area contributed by atoms with Crippen molar-refractivity contribution in [2.45, 2.75) is 88.8 Å². The third-order valence-corrected chi connectivity index (χ3v) is 6.54. The maximum atomic E-state index is 6.81. The average molecular weight is 294 g/mol. The predicted octanol–water partition coefficient (Wildman–Crippen LogP) is 3.32. The molecule has 0 aromatic rings. The van der Waals surface area contributed by atoms with Crippen molar-refractivity contribution in [2.24, 2.45) is 11.7 Å². The van der Waals surface area contributed by atoms with Gasteiger partial charge in [-0.1, -0.05) is 12.8 Å².